The number of anilines is 1. The molecule has 0 aliphatic heterocycles. The Kier molecular flexibility index (Phi) is 10.4. The molecule has 2 aromatic rings. The highest BCUT2D eigenvalue weighted by Crippen LogP contribution is 2.10. The van der Waals surface area contributed by atoms with Gasteiger partial charge in [-0.3, -0.25) is 4.79 Å². The molecule has 3 N–H and O–H groups in total. The highest BCUT2D eigenvalue weighted by molar-refractivity contribution is 14.0. The third-order valence-corrected chi connectivity index (χ3v) is 3.82. The molecule has 8 heteroatoms. The van der Waals surface area contributed by atoms with Crippen LogP contribution in [0.25, 0.3) is 0 Å². The Labute approximate surface area is 182 Å². The molecule has 1 aromatic carbocycles. The lowest BCUT2D eigenvalue weighted by molar-refractivity contribution is -0.116. The highest BCUT2D eigenvalue weighted by Gasteiger charge is 2.05. The van der Waals surface area contributed by atoms with Crippen molar-refractivity contribution in [3.05, 3.63) is 59.0 Å². The summed E-state index contributed by atoms with van der Waals surface area (Å²) in [7, 11) is 0. The number of aromatic nitrogens is 1. The Balaban J connectivity index is 0.00000392. The van der Waals surface area contributed by atoms with Crippen LogP contribution in [0.2, 0.25) is 0 Å². The van der Waals surface area contributed by atoms with Gasteiger partial charge in [0.25, 0.3) is 0 Å². The summed E-state index contributed by atoms with van der Waals surface area (Å²) in [6.07, 6.45) is 1.98. The second-order valence-electron chi connectivity index (χ2n) is 6.22. The lowest BCUT2D eigenvalue weighted by Crippen LogP contribution is -2.38. The standard InChI is InChI=1S/C20H26FN5O.HI/c1-4-22-20(25-13-16-7-6-15(3)17(21)11-16)23-10-9-19(27)26-18-8-5-14(2)12-24-18;/h5-8,11-12H,4,9-10,13H2,1-3H3,(H2,22,23,25)(H,24,26,27);1H. The number of rotatable bonds is 7. The quantitative estimate of drug-likeness (QED) is 0.310. The number of hydrogen-bond donors (Lipinski definition) is 3. The van der Waals surface area contributed by atoms with Crippen LogP contribution in [-0.2, 0) is 11.3 Å². The first-order valence-electron chi connectivity index (χ1n) is 8.97. The second kappa shape index (κ2) is 12.3. The first-order valence-corrected chi connectivity index (χ1v) is 8.97. The zero-order valence-corrected chi connectivity index (χ0v) is 18.7. The molecule has 0 aliphatic rings. The van der Waals surface area contributed by atoms with Crippen LogP contribution in [0.3, 0.4) is 0 Å². The number of aliphatic imine (C=N–C) groups is 1. The first-order chi connectivity index (χ1) is 13.0. The van der Waals surface area contributed by atoms with Crippen molar-refractivity contribution in [3.63, 3.8) is 0 Å². The number of carbonyl (C=O) groups is 1. The molecule has 1 heterocycles. The molecule has 2 rings (SSSR count). The topological polar surface area (TPSA) is 78.4 Å². The van der Waals surface area contributed by atoms with E-state index in [1.165, 1.54) is 6.07 Å². The van der Waals surface area contributed by atoms with Gasteiger partial charge in [0.05, 0.1) is 6.54 Å². The Morgan fingerprint density at radius 2 is 1.96 bits per heavy atom. The van der Waals surface area contributed by atoms with E-state index in [9.17, 15) is 9.18 Å². The van der Waals surface area contributed by atoms with E-state index in [1.54, 1.807) is 25.3 Å². The Morgan fingerprint density at radius 1 is 1.18 bits per heavy atom. The fraction of sp³-hybridized carbons (Fsp3) is 0.350. The number of amides is 1. The van der Waals surface area contributed by atoms with Crippen LogP contribution >= 0.6 is 24.0 Å². The number of nitrogens with zero attached hydrogens (tertiary/aromatic N) is 2. The predicted molar refractivity (Wildman–Crippen MR) is 122 cm³/mol. The minimum Gasteiger partial charge on any atom is -0.357 e. The van der Waals surface area contributed by atoms with Gasteiger partial charge in [0.1, 0.15) is 11.6 Å². The van der Waals surface area contributed by atoms with Crippen molar-refractivity contribution in [1.29, 1.82) is 0 Å². The van der Waals surface area contributed by atoms with Crippen LogP contribution in [-0.4, -0.2) is 29.9 Å². The van der Waals surface area contributed by atoms with Gasteiger partial charge in [-0.2, -0.15) is 0 Å². The lowest BCUT2D eigenvalue weighted by Gasteiger charge is -2.11. The molecule has 0 spiro atoms. The summed E-state index contributed by atoms with van der Waals surface area (Å²) in [6, 6.07) is 8.75. The van der Waals surface area contributed by atoms with Gasteiger partial charge in [0, 0.05) is 25.7 Å². The summed E-state index contributed by atoms with van der Waals surface area (Å²) in [5, 5.41) is 8.97. The van der Waals surface area contributed by atoms with E-state index in [-0.39, 0.29) is 42.1 Å². The molecule has 0 aliphatic carbocycles. The molecule has 0 bridgehead atoms. The van der Waals surface area contributed by atoms with Gasteiger partial charge in [-0.05, 0) is 49.6 Å². The van der Waals surface area contributed by atoms with Crippen molar-refractivity contribution in [2.45, 2.75) is 33.7 Å². The fourth-order valence-corrected chi connectivity index (χ4v) is 2.29. The molecule has 1 aromatic heterocycles. The predicted octanol–water partition coefficient (Wildman–Crippen LogP) is 3.54. The molecule has 1 amide bonds. The van der Waals surface area contributed by atoms with E-state index in [0.29, 0.717) is 37.0 Å². The van der Waals surface area contributed by atoms with Crippen LogP contribution in [0, 0.1) is 19.7 Å². The Morgan fingerprint density at radius 3 is 2.61 bits per heavy atom. The Hall–Kier alpha value is -2.23. The minimum atomic E-state index is -0.234. The lowest BCUT2D eigenvalue weighted by atomic mass is 10.1. The summed E-state index contributed by atoms with van der Waals surface area (Å²) >= 11 is 0. The summed E-state index contributed by atoms with van der Waals surface area (Å²) in [4.78, 5) is 20.6. The van der Waals surface area contributed by atoms with Crippen molar-refractivity contribution < 1.29 is 9.18 Å². The van der Waals surface area contributed by atoms with Gasteiger partial charge in [-0.25, -0.2) is 14.4 Å². The van der Waals surface area contributed by atoms with E-state index in [4.69, 9.17) is 0 Å². The van der Waals surface area contributed by atoms with Crippen LogP contribution in [0.1, 0.15) is 30.0 Å². The number of pyridine rings is 1. The van der Waals surface area contributed by atoms with E-state index >= 15 is 0 Å². The third-order valence-electron chi connectivity index (χ3n) is 3.82. The van der Waals surface area contributed by atoms with Crippen molar-refractivity contribution in [1.82, 2.24) is 15.6 Å². The normalized spacial score (nSPS) is 10.8. The van der Waals surface area contributed by atoms with E-state index in [2.05, 4.69) is 25.9 Å². The van der Waals surface area contributed by atoms with Crippen LogP contribution in [0.5, 0.6) is 0 Å². The number of nitrogens with one attached hydrogen (secondary N) is 3. The molecule has 28 heavy (non-hydrogen) atoms. The average molecular weight is 499 g/mol. The number of carbonyl (C=O) groups excluding carboxylic acids is 1. The fourth-order valence-electron chi connectivity index (χ4n) is 2.29. The molecule has 6 nitrogen and oxygen atoms in total. The monoisotopic (exact) mass is 499 g/mol. The number of hydrogen-bond acceptors (Lipinski definition) is 3. The van der Waals surface area contributed by atoms with Crippen molar-refractivity contribution in [2.75, 3.05) is 18.4 Å². The maximum absolute atomic E-state index is 13.6. The summed E-state index contributed by atoms with van der Waals surface area (Å²) < 4.78 is 13.6. The summed E-state index contributed by atoms with van der Waals surface area (Å²) in [5.41, 5.74) is 2.44. The molecule has 0 fully saturated rings. The molecule has 0 atom stereocenters. The van der Waals surface area contributed by atoms with Crippen molar-refractivity contribution in [2.24, 2.45) is 4.99 Å². The molecule has 0 saturated carbocycles. The second-order valence-corrected chi connectivity index (χ2v) is 6.22. The highest BCUT2D eigenvalue weighted by atomic mass is 127. The Bertz CT molecular complexity index is 796. The molecule has 0 radical (unpaired) electrons. The van der Waals surface area contributed by atoms with E-state index in [0.717, 1.165) is 11.1 Å². The molecule has 152 valence electrons. The zero-order valence-electron chi connectivity index (χ0n) is 16.4. The largest absolute Gasteiger partial charge is 0.357 e. The molecule has 0 unspecified atom stereocenters. The van der Waals surface area contributed by atoms with Crippen LogP contribution < -0.4 is 16.0 Å². The molecular formula is C20H27FIN5O. The SMILES string of the molecule is CCNC(=NCc1ccc(C)c(F)c1)NCCC(=O)Nc1ccc(C)cn1.I. The maximum atomic E-state index is 13.6. The maximum Gasteiger partial charge on any atom is 0.227 e. The van der Waals surface area contributed by atoms with E-state index in [1.807, 2.05) is 26.0 Å². The minimum absolute atomic E-state index is 0. The smallest absolute Gasteiger partial charge is 0.227 e. The summed E-state index contributed by atoms with van der Waals surface area (Å²) in [6.45, 7) is 7.09. The zero-order chi connectivity index (χ0) is 19.6. The number of aryl methyl sites for hydroxylation is 2. The van der Waals surface area contributed by atoms with Gasteiger partial charge >= 0.3 is 0 Å². The summed E-state index contributed by atoms with van der Waals surface area (Å²) in [5.74, 6) is 0.754. The van der Waals surface area contributed by atoms with Crippen molar-refractivity contribution >= 4 is 41.7 Å². The van der Waals surface area contributed by atoms with Gasteiger partial charge in [-0.15, -0.1) is 24.0 Å². The van der Waals surface area contributed by atoms with Gasteiger partial charge in [0.15, 0.2) is 5.96 Å². The third kappa shape index (κ3) is 8.20. The van der Waals surface area contributed by atoms with Crippen molar-refractivity contribution in [3.8, 4) is 0 Å². The number of guanidine groups is 1. The van der Waals surface area contributed by atoms with Gasteiger partial charge in [-0.1, -0.05) is 18.2 Å². The first kappa shape index (κ1) is 23.8. The number of halogens is 2. The van der Waals surface area contributed by atoms with Gasteiger partial charge < -0.3 is 16.0 Å². The average Bonchev–Trinajstić information content (AvgIpc) is 2.64. The molecular weight excluding hydrogens is 472 g/mol. The van der Waals surface area contributed by atoms with Gasteiger partial charge in [0.2, 0.25) is 5.91 Å². The van der Waals surface area contributed by atoms with Crippen LogP contribution in [0.15, 0.2) is 41.5 Å². The van der Waals surface area contributed by atoms with E-state index < -0.39 is 0 Å². The molecule has 0 saturated heterocycles. The number of benzene rings is 1. The van der Waals surface area contributed by atoms with Crippen LogP contribution in [0.4, 0.5) is 10.2 Å².